The maximum Gasteiger partial charge on any atom is 0.191 e. The number of hydrogen-bond donors (Lipinski definition) is 2. The summed E-state index contributed by atoms with van der Waals surface area (Å²) < 4.78 is 15.0. The second-order valence-corrected chi connectivity index (χ2v) is 5.28. The lowest BCUT2D eigenvalue weighted by molar-refractivity contribution is 0.598. The summed E-state index contributed by atoms with van der Waals surface area (Å²) in [5.41, 5.74) is 2.10. The van der Waals surface area contributed by atoms with E-state index in [4.69, 9.17) is 0 Å². The van der Waals surface area contributed by atoms with E-state index in [0.29, 0.717) is 6.54 Å². The van der Waals surface area contributed by atoms with Gasteiger partial charge in [0.05, 0.1) is 6.54 Å². The summed E-state index contributed by atoms with van der Waals surface area (Å²) in [6, 6.07) is 6.80. The van der Waals surface area contributed by atoms with Crippen LogP contribution in [0.2, 0.25) is 0 Å². The Balaban J connectivity index is 1.82. The summed E-state index contributed by atoms with van der Waals surface area (Å²) in [5, 5.41) is 10.7. The van der Waals surface area contributed by atoms with Crippen molar-refractivity contribution in [3.05, 3.63) is 53.6 Å². The van der Waals surface area contributed by atoms with Crippen LogP contribution in [0.25, 0.3) is 0 Å². The normalized spacial score (nSPS) is 11.5. The predicted octanol–water partition coefficient (Wildman–Crippen LogP) is 2.13. The van der Waals surface area contributed by atoms with Crippen molar-refractivity contribution in [3.63, 3.8) is 0 Å². The number of nitrogens with one attached hydrogen (secondary N) is 2. The predicted molar refractivity (Wildman–Crippen MR) is 91.0 cm³/mol. The molecular formula is C17H24FN5. The number of benzene rings is 1. The minimum atomic E-state index is -0.191. The number of aryl methyl sites for hydroxylation is 1. The summed E-state index contributed by atoms with van der Waals surface area (Å²) in [4.78, 5) is 4.56. The van der Waals surface area contributed by atoms with Crippen LogP contribution in [0.5, 0.6) is 0 Å². The summed E-state index contributed by atoms with van der Waals surface area (Å²) in [7, 11) is 0. The second kappa shape index (κ2) is 8.92. The number of hydrogen-bond acceptors (Lipinski definition) is 2. The van der Waals surface area contributed by atoms with Crippen LogP contribution in [0.1, 0.15) is 18.1 Å². The molecule has 23 heavy (non-hydrogen) atoms. The molecule has 1 aromatic heterocycles. The van der Waals surface area contributed by atoms with Gasteiger partial charge in [-0.2, -0.15) is 5.10 Å². The van der Waals surface area contributed by atoms with E-state index in [1.165, 1.54) is 6.07 Å². The molecule has 0 saturated heterocycles. The van der Waals surface area contributed by atoms with E-state index in [-0.39, 0.29) is 5.82 Å². The number of nitrogens with zero attached hydrogens (tertiary/aromatic N) is 3. The smallest absolute Gasteiger partial charge is 0.191 e. The maximum atomic E-state index is 13.1. The highest BCUT2D eigenvalue weighted by Gasteiger charge is 2.01. The van der Waals surface area contributed by atoms with Gasteiger partial charge in [0.15, 0.2) is 5.96 Å². The van der Waals surface area contributed by atoms with Crippen molar-refractivity contribution < 1.29 is 4.39 Å². The monoisotopic (exact) mass is 317 g/mol. The quantitative estimate of drug-likeness (QED) is 0.607. The molecule has 1 aromatic carbocycles. The molecule has 0 saturated carbocycles. The molecule has 6 heteroatoms. The van der Waals surface area contributed by atoms with E-state index in [0.717, 1.165) is 43.1 Å². The van der Waals surface area contributed by atoms with E-state index in [1.807, 2.05) is 36.9 Å². The van der Waals surface area contributed by atoms with Gasteiger partial charge in [0.25, 0.3) is 0 Å². The van der Waals surface area contributed by atoms with Gasteiger partial charge < -0.3 is 10.6 Å². The van der Waals surface area contributed by atoms with Crippen molar-refractivity contribution in [1.29, 1.82) is 0 Å². The van der Waals surface area contributed by atoms with Crippen molar-refractivity contribution in [2.45, 2.75) is 26.8 Å². The van der Waals surface area contributed by atoms with E-state index in [1.54, 1.807) is 12.3 Å². The molecule has 2 aromatic rings. The molecule has 5 nitrogen and oxygen atoms in total. The highest BCUT2D eigenvalue weighted by molar-refractivity contribution is 5.79. The minimum Gasteiger partial charge on any atom is -0.357 e. The molecule has 0 aliphatic heterocycles. The fraction of sp³-hybridized carbons (Fsp3) is 0.412. The van der Waals surface area contributed by atoms with Gasteiger partial charge in [-0.25, -0.2) is 4.39 Å². The summed E-state index contributed by atoms with van der Waals surface area (Å²) >= 11 is 0. The highest BCUT2D eigenvalue weighted by Crippen LogP contribution is 2.10. The zero-order chi connectivity index (χ0) is 16.5. The summed E-state index contributed by atoms with van der Waals surface area (Å²) in [6.45, 7) is 6.97. The average Bonchev–Trinajstić information content (AvgIpc) is 3.03. The zero-order valence-electron chi connectivity index (χ0n) is 13.7. The Bertz CT molecular complexity index is 622. The first-order valence-electron chi connectivity index (χ1n) is 7.93. The van der Waals surface area contributed by atoms with Crippen molar-refractivity contribution >= 4 is 5.96 Å². The van der Waals surface area contributed by atoms with Gasteiger partial charge in [-0.3, -0.25) is 9.67 Å². The van der Waals surface area contributed by atoms with Crippen LogP contribution >= 0.6 is 0 Å². The molecule has 0 spiro atoms. The fourth-order valence-electron chi connectivity index (χ4n) is 2.29. The fourth-order valence-corrected chi connectivity index (χ4v) is 2.29. The number of rotatable bonds is 7. The number of halogens is 1. The Labute approximate surface area is 136 Å². The van der Waals surface area contributed by atoms with Gasteiger partial charge in [-0.05, 0) is 49.6 Å². The lowest BCUT2D eigenvalue weighted by atomic mass is 10.1. The Morgan fingerprint density at radius 3 is 2.91 bits per heavy atom. The molecule has 1 heterocycles. The van der Waals surface area contributed by atoms with Gasteiger partial charge in [-0.15, -0.1) is 0 Å². The second-order valence-electron chi connectivity index (χ2n) is 5.28. The Kier molecular flexibility index (Phi) is 6.59. The average molecular weight is 317 g/mol. The molecule has 0 radical (unpaired) electrons. The highest BCUT2D eigenvalue weighted by atomic mass is 19.1. The zero-order valence-corrected chi connectivity index (χ0v) is 13.7. The molecule has 2 rings (SSSR count). The van der Waals surface area contributed by atoms with Gasteiger partial charge in [-0.1, -0.05) is 6.07 Å². The van der Waals surface area contributed by atoms with Crippen LogP contribution in [-0.4, -0.2) is 35.4 Å². The van der Waals surface area contributed by atoms with E-state index in [2.05, 4.69) is 20.7 Å². The Morgan fingerprint density at radius 1 is 1.35 bits per heavy atom. The molecule has 2 N–H and O–H groups in total. The Morgan fingerprint density at radius 2 is 2.22 bits per heavy atom. The van der Waals surface area contributed by atoms with E-state index < -0.39 is 0 Å². The molecule has 0 bridgehead atoms. The maximum absolute atomic E-state index is 13.1. The summed E-state index contributed by atoms with van der Waals surface area (Å²) in [6.07, 6.45) is 4.50. The van der Waals surface area contributed by atoms with E-state index >= 15 is 0 Å². The molecule has 0 unspecified atom stereocenters. The number of guanidine groups is 1. The van der Waals surface area contributed by atoms with Crippen molar-refractivity contribution in [2.75, 3.05) is 19.6 Å². The molecule has 0 fully saturated rings. The molecular weight excluding hydrogens is 293 g/mol. The first-order valence-corrected chi connectivity index (χ1v) is 7.93. The third kappa shape index (κ3) is 5.73. The van der Waals surface area contributed by atoms with Gasteiger partial charge in [0, 0.05) is 32.0 Å². The topological polar surface area (TPSA) is 54.2 Å². The molecule has 0 aliphatic rings. The SMILES string of the molecule is CCNC(=NCCc1ccc(F)cc1C)NCCn1cccn1. The van der Waals surface area contributed by atoms with Crippen LogP contribution in [0.3, 0.4) is 0 Å². The van der Waals surface area contributed by atoms with Crippen LogP contribution in [0, 0.1) is 12.7 Å². The van der Waals surface area contributed by atoms with Crippen molar-refractivity contribution in [1.82, 2.24) is 20.4 Å². The van der Waals surface area contributed by atoms with Crippen LogP contribution < -0.4 is 10.6 Å². The van der Waals surface area contributed by atoms with Gasteiger partial charge in [0.1, 0.15) is 5.82 Å². The Hall–Kier alpha value is -2.37. The third-order valence-electron chi connectivity index (χ3n) is 3.49. The molecule has 0 atom stereocenters. The van der Waals surface area contributed by atoms with Crippen LogP contribution in [0.15, 0.2) is 41.7 Å². The summed E-state index contributed by atoms with van der Waals surface area (Å²) in [5.74, 6) is 0.600. The number of aromatic nitrogens is 2. The van der Waals surface area contributed by atoms with Crippen molar-refractivity contribution in [2.24, 2.45) is 4.99 Å². The lowest BCUT2D eigenvalue weighted by Crippen LogP contribution is -2.39. The van der Waals surface area contributed by atoms with Crippen molar-refractivity contribution in [3.8, 4) is 0 Å². The van der Waals surface area contributed by atoms with Gasteiger partial charge >= 0.3 is 0 Å². The molecule has 0 aliphatic carbocycles. The van der Waals surface area contributed by atoms with Crippen LogP contribution in [-0.2, 0) is 13.0 Å². The largest absolute Gasteiger partial charge is 0.357 e. The van der Waals surface area contributed by atoms with Crippen LogP contribution in [0.4, 0.5) is 4.39 Å². The molecule has 0 amide bonds. The van der Waals surface area contributed by atoms with E-state index in [9.17, 15) is 4.39 Å². The third-order valence-corrected chi connectivity index (χ3v) is 3.49. The lowest BCUT2D eigenvalue weighted by Gasteiger charge is -2.11. The first-order chi connectivity index (χ1) is 11.2. The van der Waals surface area contributed by atoms with Gasteiger partial charge in [0.2, 0.25) is 0 Å². The molecule has 124 valence electrons. The number of aliphatic imine (C=N–C) groups is 1. The first kappa shape index (κ1) is 17.0. The minimum absolute atomic E-state index is 0.191. The standard InChI is InChI=1S/C17H24FN5/c1-3-19-17(21-10-12-23-11-4-8-22-23)20-9-7-15-5-6-16(18)13-14(15)2/h4-6,8,11,13H,3,7,9-10,12H2,1-2H3,(H2,19,20,21).